The van der Waals surface area contributed by atoms with E-state index < -0.39 is 5.97 Å². The molecule has 0 aliphatic carbocycles. The summed E-state index contributed by atoms with van der Waals surface area (Å²) in [7, 11) is 0. The molecule has 0 saturated heterocycles. The summed E-state index contributed by atoms with van der Waals surface area (Å²) < 4.78 is 5.21. The van der Waals surface area contributed by atoms with Crippen LogP contribution in [-0.2, 0) is 0 Å². The number of rotatable bonds is 3. The van der Waals surface area contributed by atoms with Gasteiger partial charge in [-0.05, 0) is 48.5 Å². The molecule has 0 unspecified atom stereocenters. The van der Waals surface area contributed by atoms with E-state index in [1.165, 1.54) is 0 Å². The van der Waals surface area contributed by atoms with Gasteiger partial charge < -0.3 is 10.5 Å². The van der Waals surface area contributed by atoms with Crippen molar-refractivity contribution in [1.29, 1.82) is 0 Å². The van der Waals surface area contributed by atoms with Crippen LogP contribution >= 0.6 is 23.8 Å². The molecule has 0 heterocycles. The monoisotopic (exact) mass is 291 g/mol. The van der Waals surface area contributed by atoms with Crippen LogP contribution < -0.4 is 10.5 Å². The van der Waals surface area contributed by atoms with Gasteiger partial charge in [0.2, 0.25) is 0 Å². The summed E-state index contributed by atoms with van der Waals surface area (Å²) in [5.74, 6) is -0.0142. The summed E-state index contributed by atoms with van der Waals surface area (Å²) in [5, 5.41) is 0.567. The van der Waals surface area contributed by atoms with Gasteiger partial charge in [-0.3, -0.25) is 0 Å². The largest absolute Gasteiger partial charge is 0.423 e. The minimum Gasteiger partial charge on any atom is -0.423 e. The molecule has 0 bridgehead atoms. The second-order valence-electron chi connectivity index (χ2n) is 3.79. The topological polar surface area (TPSA) is 52.3 Å². The molecule has 0 radical (unpaired) electrons. The molecule has 2 N–H and O–H groups in total. The lowest BCUT2D eigenvalue weighted by atomic mass is 10.2. The first-order valence-electron chi connectivity index (χ1n) is 5.44. The van der Waals surface area contributed by atoms with Crippen LogP contribution in [-0.4, -0.2) is 11.0 Å². The molecule has 0 spiro atoms. The predicted octanol–water partition coefficient (Wildman–Crippen LogP) is 3.19. The zero-order valence-electron chi connectivity index (χ0n) is 9.80. The van der Waals surface area contributed by atoms with Crippen LogP contribution in [0.15, 0.2) is 48.5 Å². The molecule has 0 fully saturated rings. The Kier molecular flexibility index (Phi) is 4.14. The van der Waals surface area contributed by atoms with Gasteiger partial charge in [-0.2, -0.15) is 0 Å². The van der Waals surface area contributed by atoms with E-state index in [-0.39, 0.29) is 0 Å². The van der Waals surface area contributed by atoms with Crippen molar-refractivity contribution in [1.82, 2.24) is 0 Å². The first-order valence-corrected chi connectivity index (χ1v) is 6.22. The van der Waals surface area contributed by atoms with Crippen LogP contribution in [0, 0.1) is 0 Å². The van der Waals surface area contributed by atoms with Crippen LogP contribution in [0.3, 0.4) is 0 Å². The summed E-state index contributed by atoms with van der Waals surface area (Å²) in [6.45, 7) is 0. The fourth-order valence-electron chi connectivity index (χ4n) is 1.44. The second kappa shape index (κ2) is 5.82. The highest BCUT2D eigenvalue weighted by atomic mass is 35.5. The SMILES string of the molecule is NC(=S)c1ccc(OC(=O)c2ccc(Cl)cc2)cc1. The Labute approximate surface area is 120 Å². The quantitative estimate of drug-likeness (QED) is 0.536. The molecule has 96 valence electrons. The van der Waals surface area contributed by atoms with Gasteiger partial charge in [0.1, 0.15) is 10.7 Å². The molecule has 5 heteroatoms. The van der Waals surface area contributed by atoms with Crippen molar-refractivity contribution in [2.75, 3.05) is 0 Å². The fraction of sp³-hybridized carbons (Fsp3) is 0. The molecule has 19 heavy (non-hydrogen) atoms. The maximum atomic E-state index is 11.8. The number of hydrogen-bond donors (Lipinski definition) is 1. The smallest absolute Gasteiger partial charge is 0.343 e. The summed E-state index contributed by atoms with van der Waals surface area (Å²) >= 11 is 10.6. The third kappa shape index (κ3) is 3.53. The highest BCUT2D eigenvalue weighted by Crippen LogP contribution is 2.15. The first kappa shape index (κ1) is 13.5. The molecule has 3 nitrogen and oxygen atoms in total. The highest BCUT2D eigenvalue weighted by molar-refractivity contribution is 7.80. The average molecular weight is 292 g/mol. The minimum atomic E-state index is -0.445. The lowest BCUT2D eigenvalue weighted by Crippen LogP contribution is -2.10. The zero-order chi connectivity index (χ0) is 13.8. The van der Waals surface area contributed by atoms with Crippen LogP contribution in [0.1, 0.15) is 15.9 Å². The van der Waals surface area contributed by atoms with Crippen molar-refractivity contribution in [2.24, 2.45) is 5.73 Å². The van der Waals surface area contributed by atoms with E-state index in [2.05, 4.69) is 0 Å². The number of halogens is 1. The van der Waals surface area contributed by atoms with Crippen LogP contribution in [0.5, 0.6) is 5.75 Å². The molecule has 0 aliphatic rings. The van der Waals surface area contributed by atoms with E-state index in [1.54, 1.807) is 48.5 Å². The molecule has 0 saturated carbocycles. The van der Waals surface area contributed by atoms with E-state index in [9.17, 15) is 4.79 Å². The van der Waals surface area contributed by atoms with Crippen molar-refractivity contribution in [3.05, 3.63) is 64.7 Å². The first-order chi connectivity index (χ1) is 9.06. The van der Waals surface area contributed by atoms with Crippen molar-refractivity contribution < 1.29 is 9.53 Å². The maximum Gasteiger partial charge on any atom is 0.343 e. The van der Waals surface area contributed by atoms with Gasteiger partial charge >= 0.3 is 5.97 Å². The molecule has 0 amide bonds. The van der Waals surface area contributed by atoms with Gasteiger partial charge in [-0.15, -0.1) is 0 Å². The Morgan fingerprint density at radius 2 is 1.53 bits per heavy atom. The van der Waals surface area contributed by atoms with E-state index in [0.29, 0.717) is 21.3 Å². The van der Waals surface area contributed by atoms with Gasteiger partial charge in [-0.25, -0.2) is 4.79 Å². The number of nitrogens with two attached hydrogens (primary N) is 1. The number of carbonyl (C=O) groups excluding carboxylic acids is 1. The predicted molar refractivity (Wildman–Crippen MR) is 78.7 cm³/mol. The van der Waals surface area contributed by atoms with E-state index >= 15 is 0 Å². The normalized spacial score (nSPS) is 9.95. The number of benzene rings is 2. The number of ether oxygens (including phenoxy) is 1. The van der Waals surface area contributed by atoms with Gasteiger partial charge in [0.25, 0.3) is 0 Å². The Morgan fingerprint density at radius 1 is 1.00 bits per heavy atom. The summed E-state index contributed by atoms with van der Waals surface area (Å²) in [5.41, 5.74) is 6.64. The maximum absolute atomic E-state index is 11.8. The van der Waals surface area contributed by atoms with Gasteiger partial charge in [0, 0.05) is 10.6 Å². The average Bonchev–Trinajstić information content (AvgIpc) is 2.40. The molecule has 2 aromatic rings. The van der Waals surface area contributed by atoms with Crippen molar-refractivity contribution in [2.45, 2.75) is 0 Å². The zero-order valence-corrected chi connectivity index (χ0v) is 11.4. The number of thiocarbonyl (C=S) groups is 1. The fourth-order valence-corrected chi connectivity index (χ4v) is 1.70. The standard InChI is InChI=1S/C14H10ClNO2S/c15-11-5-1-10(2-6-11)14(17)18-12-7-3-9(4-8-12)13(16)19/h1-8H,(H2,16,19). The Bertz CT molecular complexity index is 608. The van der Waals surface area contributed by atoms with E-state index in [1.807, 2.05) is 0 Å². The molecular weight excluding hydrogens is 282 g/mol. The number of carbonyl (C=O) groups is 1. The Hall–Kier alpha value is -1.91. The third-order valence-electron chi connectivity index (χ3n) is 2.43. The Balaban J connectivity index is 2.10. The Morgan fingerprint density at radius 3 is 2.05 bits per heavy atom. The summed E-state index contributed by atoms with van der Waals surface area (Å²) in [4.78, 5) is 12.1. The molecule has 0 aliphatic heterocycles. The van der Waals surface area contributed by atoms with Crippen molar-refractivity contribution in [3.8, 4) is 5.75 Å². The van der Waals surface area contributed by atoms with Crippen molar-refractivity contribution >= 4 is 34.8 Å². The van der Waals surface area contributed by atoms with Crippen LogP contribution in [0.4, 0.5) is 0 Å². The summed E-state index contributed by atoms with van der Waals surface area (Å²) in [6.07, 6.45) is 0. The molecular formula is C14H10ClNO2S. The summed E-state index contributed by atoms with van der Waals surface area (Å²) in [6, 6.07) is 13.2. The molecule has 0 aromatic heterocycles. The molecule has 2 rings (SSSR count). The minimum absolute atomic E-state index is 0.301. The van der Waals surface area contributed by atoms with Gasteiger partial charge in [-0.1, -0.05) is 23.8 Å². The van der Waals surface area contributed by atoms with Crippen molar-refractivity contribution in [3.63, 3.8) is 0 Å². The number of hydrogen-bond acceptors (Lipinski definition) is 3. The highest BCUT2D eigenvalue weighted by Gasteiger charge is 2.08. The van der Waals surface area contributed by atoms with E-state index in [4.69, 9.17) is 34.3 Å². The van der Waals surface area contributed by atoms with Gasteiger partial charge in [0.05, 0.1) is 5.56 Å². The molecule has 0 atom stereocenters. The lowest BCUT2D eigenvalue weighted by molar-refractivity contribution is 0.0735. The number of esters is 1. The lowest BCUT2D eigenvalue weighted by Gasteiger charge is -2.05. The van der Waals surface area contributed by atoms with Gasteiger partial charge in [0.15, 0.2) is 0 Å². The van der Waals surface area contributed by atoms with Crippen LogP contribution in [0.2, 0.25) is 5.02 Å². The van der Waals surface area contributed by atoms with E-state index in [0.717, 1.165) is 5.56 Å². The van der Waals surface area contributed by atoms with Crippen LogP contribution in [0.25, 0.3) is 0 Å². The third-order valence-corrected chi connectivity index (χ3v) is 2.92. The molecule has 2 aromatic carbocycles. The second-order valence-corrected chi connectivity index (χ2v) is 4.66.